The molecule has 2 fully saturated rings. The Morgan fingerprint density at radius 1 is 1.09 bits per heavy atom. The predicted molar refractivity (Wildman–Crippen MR) is 119 cm³/mol. The average Bonchev–Trinajstić information content (AvgIpc) is 3.21. The Morgan fingerprint density at radius 2 is 1.91 bits per heavy atom. The maximum absolute atomic E-state index is 13.0. The molecule has 0 radical (unpaired) electrons. The number of benzene rings is 2. The number of carbonyl (C=O) groups excluding carboxylic acids is 3. The van der Waals surface area contributed by atoms with Crippen LogP contribution in [0.3, 0.4) is 0 Å². The summed E-state index contributed by atoms with van der Waals surface area (Å²) >= 11 is 0. The van der Waals surface area contributed by atoms with Gasteiger partial charge < -0.3 is 14.4 Å². The Hall–Kier alpha value is -3.23. The Balaban J connectivity index is 1.26. The topological polar surface area (TPSA) is 88.2 Å². The molecule has 8 nitrogen and oxygen atoms in total. The van der Waals surface area contributed by atoms with Gasteiger partial charge in [0.05, 0.1) is 22.5 Å². The van der Waals surface area contributed by atoms with Crippen LogP contribution in [0.1, 0.15) is 48.1 Å². The van der Waals surface area contributed by atoms with Gasteiger partial charge in [0.1, 0.15) is 18.4 Å². The highest BCUT2D eigenvalue weighted by atomic mass is 16.5. The second-order valence-electron chi connectivity index (χ2n) is 8.03. The zero-order chi connectivity index (χ0) is 28.2. The van der Waals surface area contributed by atoms with E-state index in [1.807, 2.05) is 0 Å². The van der Waals surface area contributed by atoms with Gasteiger partial charge in [-0.25, -0.2) is 0 Å². The molecule has 1 unspecified atom stereocenters. The summed E-state index contributed by atoms with van der Waals surface area (Å²) in [5.41, 5.74) is 2.46. The van der Waals surface area contributed by atoms with Crippen molar-refractivity contribution in [1.82, 2.24) is 15.1 Å². The van der Waals surface area contributed by atoms with Gasteiger partial charge in [-0.15, -0.1) is 0 Å². The summed E-state index contributed by atoms with van der Waals surface area (Å²) < 4.78 is 59.0. The van der Waals surface area contributed by atoms with E-state index in [-0.39, 0.29) is 44.4 Å². The van der Waals surface area contributed by atoms with Gasteiger partial charge in [0.2, 0.25) is 11.8 Å². The lowest BCUT2D eigenvalue weighted by Gasteiger charge is -2.29. The molecule has 3 heterocycles. The van der Waals surface area contributed by atoms with Crippen LogP contribution in [0.2, 0.25) is 0 Å². The first kappa shape index (κ1) is 15.6. The smallest absolute Gasteiger partial charge is 0.255 e. The van der Waals surface area contributed by atoms with Crippen molar-refractivity contribution in [1.29, 1.82) is 0 Å². The van der Waals surface area contributed by atoms with Gasteiger partial charge >= 0.3 is 0 Å². The lowest BCUT2D eigenvalue weighted by Crippen LogP contribution is -2.52. The predicted octanol–water partition coefficient (Wildman–Crippen LogP) is 1.86. The highest BCUT2D eigenvalue weighted by Gasteiger charge is 2.40. The maximum atomic E-state index is 13.0. The molecule has 172 valence electrons. The van der Waals surface area contributed by atoms with Crippen LogP contribution in [0.15, 0.2) is 42.5 Å². The zero-order valence-corrected chi connectivity index (χ0v) is 17.8. The van der Waals surface area contributed by atoms with Crippen LogP contribution in [0.25, 0.3) is 0 Å². The minimum Gasteiger partial charge on any atom is -0.489 e. The fourth-order valence-corrected chi connectivity index (χ4v) is 4.15. The number of piperidine rings is 1. The number of hydrogen-bond acceptors (Lipinski definition) is 6. The van der Waals surface area contributed by atoms with E-state index in [1.165, 1.54) is 4.90 Å². The summed E-state index contributed by atoms with van der Waals surface area (Å²) in [4.78, 5) is 39.1. The van der Waals surface area contributed by atoms with Crippen molar-refractivity contribution in [3.05, 3.63) is 64.7 Å². The zero-order valence-electron chi connectivity index (χ0n) is 23.8. The molecule has 1 N–H and O–H groups in total. The van der Waals surface area contributed by atoms with Crippen LogP contribution >= 0.6 is 0 Å². The minimum atomic E-state index is -2.69. The van der Waals surface area contributed by atoms with Gasteiger partial charge in [-0.1, -0.05) is 30.3 Å². The van der Waals surface area contributed by atoms with E-state index in [1.54, 1.807) is 42.5 Å². The molecule has 0 bridgehead atoms. The molecule has 2 aromatic rings. The monoisotopic (exact) mass is 455 g/mol. The number of hydrogen-bond donors (Lipinski definition) is 1. The fraction of sp³-hybridized carbons (Fsp3) is 0.400. The third-order valence-corrected chi connectivity index (χ3v) is 5.88. The molecule has 2 saturated heterocycles. The van der Waals surface area contributed by atoms with E-state index in [2.05, 4.69) is 5.32 Å². The number of imide groups is 1. The van der Waals surface area contributed by atoms with Crippen LogP contribution < -0.4 is 10.1 Å². The van der Waals surface area contributed by atoms with Crippen molar-refractivity contribution in [2.45, 2.75) is 38.6 Å². The van der Waals surface area contributed by atoms with Gasteiger partial charge in [-0.2, -0.15) is 0 Å². The summed E-state index contributed by atoms with van der Waals surface area (Å²) in [6.45, 7) is -7.99. The fourth-order valence-electron chi connectivity index (χ4n) is 4.15. The van der Waals surface area contributed by atoms with E-state index >= 15 is 0 Å². The molecule has 0 aliphatic carbocycles. The number of rotatable bonds is 6. The SMILES string of the molecule is [2H]C1([2H])COC([2H])([2H])C([2H])([2H])N1Cc1ccc(COc2cccc3c2CN(C2CCC(=O)NC2=O)C3=O)cc1. The number of fused-ring (bicyclic) bond motifs is 1. The van der Waals surface area contributed by atoms with E-state index in [9.17, 15) is 14.4 Å². The van der Waals surface area contributed by atoms with Crippen molar-refractivity contribution in [3.8, 4) is 5.75 Å². The third kappa shape index (κ3) is 4.62. The van der Waals surface area contributed by atoms with Crippen molar-refractivity contribution in [2.24, 2.45) is 0 Å². The number of nitrogens with one attached hydrogen (secondary N) is 1. The van der Waals surface area contributed by atoms with Crippen molar-refractivity contribution < 1.29 is 32.1 Å². The lowest BCUT2D eigenvalue weighted by molar-refractivity contribution is -0.136. The van der Waals surface area contributed by atoms with Crippen LogP contribution in [0, 0.1) is 0 Å². The molecule has 0 aromatic heterocycles. The molecule has 0 saturated carbocycles. The Kier molecular flexibility index (Phi) is 4.40. The molecular formula is C25H27N3O5. The Labute approximate surface area is 200 Å². The molecule has 2 aromatic carbocycles. The largest absolute Gasteiger partial charge is 0.489 e. The highest BCUT2D eigenvalue weighted by molar-refractivity contribution is 6.05. The van der Waals surface area contributed by atoms with E-state index < -0.39 is 38.1 Å². The molecule has 0 spiro atoms. The first-order chi connectivity index (χ1) is 18.3. The Bertz CT molecular complexity index is 1320. The van der Waals surface area contributed by atoms with Gasteiger partial charge in [0, 0.05) is 42.6 Å². The van der Waals surface area contributed by atoms with Crippen molar-refractivity contribution in [2.75, 3.05) is 26.2 Å². The molecule has 8 heteroatoms. The quantitative estimate of drug-likeness (QED) is 0.669. The molecular weight excluding hydrogens is 422 g/mol. The second-order valence-corrected chi connectivity index (χ2v) is 8.03. The summed E-state index contributed by atoms with van der Waals surface area (Å²) in [7, 11) is 0. The number of morpholine rings is 1. The van der Waals surface area contributed by atoms with Crippen LogP contribution in [-0.2, 0) is 34.0 Å². The molecule has 1 atom stereocenters. The standard InChI is InChI=1S/C25H27N3O5/c29-23-9-8-21(24(30)26-23)28-15-20-19(25(28)31)2-1-3-22(20)33-16-18-6-4-17(5-7-18)14-27-10-12-32-13-11-27/h1-7,21H,8-16H2,(H,26,29,30)/i10D2,11D2,12D2. The van der Waals surface area contributed by atoms with Crippen molar-refractivity contribution >= 4 is 17.7 Å². The number of ether oxygens (including phenoxy) is 2. The summed E-state index contributed by atoms with van der Waals surface area (Å²) in [5, 5.41) is 2.29. The van der Waals surface area contributed by atoms with Crippen molar-refractivity contribution in [3.63, 3.8) is 0 Å². The van der Waals surface area contributed by atoms with Gasteiger partial charge in [-0.3, -0.25) is 24.6 Å². The Morgan fingerprint density at radius 3 is 2.73 bits per heavy atom. The number of nitrogens with zero attached hydrogens (tertiary/aromatic N) is 2. The highest BCUT2D eigenvalue weighted by Crippen LogP contribution is 2.34. The van der Waals surface area contributed by atoms with Gasteiger partial charge in [-0.05, 0) is 29.7 Å². The van der Waals surface area contributed by atoms with Crippen LogP contribution in [0.5, 0.6) is 5.75 Å². The third-order valence-electron chi connectivity index (χ3n) is 5.88. The molecule has 3 aliphatic heterocycles. The first-order valence-corrected chi connectivity index (χ1v) is 10.7. The normalized spacial score (nSPS) is 28.4. The van der Waals surface area contributed by atoms with E-state index in [4.69, 9.17) is 17.7 Å². The molecule has 33 heavy (non-hydrogen) atoms. The first-order valence-electron chi connectivity index (χ1n) is 13.7. The number of amides is 3. The maximum Gasteiger partial charge on any atom is 0.255 e. The number of carbonyl (C=O) groups is 3. The summed E-state index contributed by atoms with van der Waals surface area (Å²) in [6, 6.07) is 11.3. The summed E-state index contributed by atoms with van der Waals surface area (Å²) in [6.07, 6.45) is 0.439. The molecule has 3 aliphatic rings. The molecule has 3 amide bonds. The lowest BCUT2D eigenvalue weighted by atomic mass is 10.0. The van der Waals surface area contributed by atoms with E-state index in [0.29, 0.717) is 22.4 Å². The van der Waals surface area contributed by atoms with Crippen LogP contribution in [0.4, 0.5) is 0 Å². The van der Waals surface area contributed by atoms with E-state index in [0.717, 1.165) is 10.5 Å². The minimum absolute atomic E-state index is 0.158. The average molecular weight is 456 g/mol. The summed E-state index contributed by atoms with van der Waals surface area (Å²) in [5.74, 6) is -0.624. The second kappa shape index (κ2) is 9.33. The van der Waals surface area contributed by atoms with Gasteiger partial charge in [0.15, 0.2) is 0 Å². The molecule has 5 rings (SSSR count). The van der Waals surface area contributed by atoms with Crippen LogP contribution in [-0.4, -0.2) is 59.7 Å². The van der Waals surface area contributed by atoms with Gasteiger partial charge in [0.25, 0.3) is 5.91 Å².